The molecule has 0 amide bonds. The Morgan fingerprint density at radius 3 is 2.92 bits per heavy atom. The molecule has 0 N–H and O–H groups in total. The molecule has 13 heavy (non-hydrogen) atoms. The number of alkyl halides is 2. The second-order valence-electron chi connectivity index (χ2n) is 2.51. The number of halogens is 2. The zero-order chi connectivity index (χ0) is 9.68. The molecule has 0 saturated heterocycles. The number of rotatable bonds is 5. The third kappa shape index (κ3) is 3.06. The average Bonchev–Trinajstić information content (AvgIpc) is 2.53. The maximum Gasteiger partial charge on any atom is 0.299 e. The lowest BCUT2D eigenvalue weighted by Gasteiger charge is -1.98. The van der Waals surface area contributed by atoms with Gasteiger partial charge in [0.1, 0.15) is 6.33 Å². The van der Waals surface area contributed by atoms with Gasteiger partial charge in [-0.1, -0.05) is 0 Å². The summed E-state index contributed by atoms with van der Waals surface area (Å²) < 4.78 is 30.2. The summed E-state index contributed by atoms with van der Waals surface area (Å²) in [5.74, 6) is -0.419. The molecule has 0 radical (unpaired) electrons. The van der Waals surface area contributed by atoms with Crippen LogP contribution in [0.15, 0.2) is 6.33 Å². The molecule has 0 unspecified atom stereocenters. The van der Waals surface area contributed by atoms with Crippen LogP contribution in [0.1, 0.15) is 18.7 Å². The molecule has 0 fully saturated rings. The largest absolute Gasteiger partial charge is 0.385 e. The van der Waals surface area contributed by atoms with E-state index in [-0.39, 0.29) is 0 Å². The van der Waals surface area contributed by atoms with Crippen LogP contribution in [0, 0.1) is 0 Å². The molecule has 0 atom stereocenters. The minimum Gasteiger partial charge on any atom is -0.385 e. The van der Waals surface area contributed by atoms with Gasteiger partial charge in [0.05, 0.1) is 0 Å². The van der Waals surface area contributed by atoms with Gasteiger partial charge in [-0.2, -0.15) is 0 Å². The number of methoxy groups -OCH3 is 1. The van der Waals surface area contributed by atoms with Crippen molar-refractivity contribution in [2.45, 2.75) is 19.4 Å². The first-order valence-electron chi connectivity index (χ1n) is 3.90. The number of hydrogen-bond donors (Lipinski definition) is 0. The highest BCUT2D eigenvalue weighted by Crippen LogP contribution is 2.12. The van der Waals surface area contributed by atoms with Crippen LogP contribution in [-0.4, -0.2) is 28.5 Å². The van der Waals surface area contributed by atoms with E-state index in [2.05, 4.69) is 10.1 Å². The summed E-state index contributed by atoms with van der Waals surface area (Å²) in [5.41, 5.74) is 0. The van der Waals surface area contributed by atoms with Gasteiger partial charge < -0.3 is 4.74 Å². The van der Waals surface area contributed by atoms with Crippen molar-refractivity contribution in [3.05, 3.63) is 12.2 Å². The molecular weight excluding hydrogens is 180 g/mol. The van der Waals surface area contributed by atoms with Crippen molar-refractivity contribution in [2.75, 3.05) is 13.7 Å². The van der Waals surface area contributed by atoms with Crippen LogP contribution in [0.2, 0.25) is 0 Å². The molecule has 0 aliphatic rings. The molecule has 0 aliphatic heterocycles. The number of aryl methyl sites for hydroxylation is 1. The number of aromatic nitrogens is 3. The fourth-order valence-electron chi connectivity index (χ4n) is 0.888. The summed E-state index contributed by atoms with van der Waals surface area (Å²) in [5, 5.41) is 3.58. The van der Waals surface area contributed by atoms with Gasteiger partial charge in [-0.3, -0.25) is 4.68 Å². The van der Waals surface area contributed by atoms with Crippen LogP contribution < -0.4 is 0 Å². The normalized spacial score (nSPS) is 11.1. The van der Waals surface area contributed by atoms with Gasteiger partial charge in [-0.15, -0.1) is 5.10 Å². The molecule has 4 nitrogen and oxygen atoms in total. The summed E-state index contributed by atoms with van der Waals surface area (Å²) in [6, 6.07) is 0. The van der Waals surface area contributed by atoms with E-state index in [1.165, 1.54) is 11.0 Å². The summed E-state index contributed by atoms with van der Waals surface area (Å²) in [6.45, 7) is 1.14. The van der Waals surface area contributed by atoms with Gasteiger partial charge in [0.2, 0.25) is 5.82 Å². The maximum atomic E-state index is 12.0. The molecule has 0 saturated carbocycles. The third-order valence-corrected chi connectivity index (χ3v) is 1.49. The van der Waals surface area contributed by atoms with Crippen molar-refractivity contribution in [3.63, 3.8) is 0 Å². The fourth-order valence-corrected chi connectivity index (χ4v) is 0.888. The second-order valence-corrected chi connectivity index (χ2v) is 2.51. The van der Waals surface area contributed by atoms with Gasteiger partial charge in [0.25, 0.3) is 6.43 Å². The first kappa shape index (κ1) is 10.0. The second kappa shape index (κ2) is 4.86. The smallest absolute Gasteiger partial charge is 0.299 e. The Balaban J connectivity index is 2.40. The van der Waals surface area contributed by atoms with Crippen LogP contribution in [-0.2, 0) is 11.3 Å². The number of nitrogens with zero attached hydrogens (tertiary/aromatic N) is 3. The van der Waals surface area contributed by atoms with E-state index >= 15 is 0 Å². The van der Waals surface area contributed by atoms with E-state index in [9.17, 15) is 8.78 Å². The zero-order valence-corrected chi connectivity index (χ0v) is 7.28. The number of hydrogen-bond acceptors (Lipinski definition) is 3. The minimum absolute atomic E-state index is 0.419. The highest BCUT2D eigenvalue weighted by Gasteiger charge is 2.11. The Kier molecular flexibility index (Phi) is 3.75. The highest BCUT2D eigenvalue weighted by atomic mass is 19.3. The lowest BCUT2D eigenvalue weighted by atomic mass is 10.5. The molecule has 1 heterocycles. The van der Waals surface area contributed by atoms with Gasteiger partial charge in [-0.05, 0) is 6.42 Å². The average molecular weight is 191 g/mol. The van der Waals surface area contributed by atoms with E-state index in [0.717, 1.165) is 6.42 Å². The lowest BCUT2D eigenvalue weighted by Crippen LogP contribution is -2.02. The van der Waals surface area contributed by atoms with Crippen molar-refractivity contribution in [1.29, 1.82) is 0 Å². The lowest BCUT2D eigenvalue weighted by molar-refractivity contribution is 0.139. The van der Waals surface area contributed by atoms with E-state index < -0.39 is 12.2 Å². The predicted octanol–water partition coefficient (Wildman–Crippen LogP) is 1.25. The monoisotopic (exact) mass is 191 g/mol. The van der Waals surface area contributed by atoms with Gasteiger partial charge >= 0.3 is 0 Å². The standard InChI is InChI=1S/C7H11F2N3O/c1-13-4-2-3-12-5-10-7(11-12)6(8)9/h5-6H,2-4H2,1H3. The summed E-state index contributed by atoms with van der Waals surface area (Å²) in [6.07, 6.45) is -0.552. The van der Waals surface area contributed by atoms with Crippen molar-refractivity contribution in [2.24, 2.45) is 0 Å². The van der Waals surface area contributed by atoms with Crippen LogP contribution in [0.4, 0.5) is 8.78 Å². The Morgan fingerprint density at radius 1 is 1.62 bits per heavy atom. The Hall–Kier alpha value is -1.04. The molecule has 1 rings (SSSR count). The molecule has 6 heteroatoms. The van der Waals surface area contributed by atoms with Crippen LogP contribution >= 0.6 is 0 Å². The molecule has 0 bridgehead atoms. The minimum atomic E-state index is -2.59. The van der Waals surface area contributed by atoms with Crippen molar-refractivity contribution in [3.8, 4) is 0 Å². The quantitative estimate of drug-likeness (QED) is 0.657. The molecule has 0 aliphatic carbocycles. The van der Waals surface area contributed by atoms with Crippen molar-refractivity contribution < 1.29 is 13.5 Å². The van der Waals surface area contributed by atoms with Crippen LogP contribution in [0.25, 0.3) is 0 Å². The molecule has 1 aromatic rings. The van der Waals surface area contributed by atoms with Gasteiger partial charge in [0, 0.05) is 20.3 Å². The highest BCUT2D eigenvalue weighted by molar-refractivity contribution is 4.82. The first-order valence-corrected chi connectivity index (χ1v) is 3.90. The van der Waals surface area contributed by atoms with E-state index in [4.69, 9.17) is 4.74 Å². The Morgan fingerprint density at radius 2 is 2.38 bits per heavy atom. The van der Waals surface area contributed by atoms with Crippen molar-refractivity contribution in [1.82, 2.24) is 14.8 Å². The van der Waals surface area contributed by atoms with E-state index in [1.54, 1.807) is 7.11 Å². The van der Waals surface area contributed by atoms with Crippen molar-refractivity contribution >= 4 is 0 Å². The fraction of sp³-hybridized carbons (Fsp3) is 0.714. The van der Waals surface area contributed by atoms with Crippen LogP contribution in [0.3, 0.4) is 0 Å². The molecular formula is C7H11F2N3O. The first-order chi connectivity index (χ1) is 6.24. The predicted molar refractivity (Wildman–Crippen MR) is 41.5 cm³/mol. The molecule has 74 valence electrons. The van der Waals surface area contributed by atoms with Crippen LogP contribution in [0.5, 0.6) is 0 Å². The van der Waals surface area contributed by atoms with Gasteiger partial charge in [0.15, 0.2) is 0 Å². The van der Waals surface area contributed by atoms with E-state index in [0.29, 0.717) is 13.2 Å². The molecule has 1 aromatic heterocycles. The summed E-state index contributed by atoms with van der Waals surface area (Å²) in [7, 11) is 1.59. The van der Waals surface area contributed by atoms with E-state index in [1.807, 2.05) is 0 Å². The Labute approximate surface area is 74.5 Å². The molecule has 0 spiro atoms. The van der Waals surface area contributed by atoms with Gasteiger partial charge in [-0.25, -0.2) is 13.8 Å². The number of ether oxygens (including phenoxy) is 1. The summed E-state index contributed by atoms with van der Waals surface area (Å²) >= 11 is 0. The maximum absolute atomic E-state index is 12.0. The summed E-state index contributed by atoms with van der Waals surface area (Å²) in [4.78, 5) is 3.46. The third-order valence-electron chi connectivity index (χ3n) is 1.49. The Bertz CT molecular complexity index is 252. The zero-order valence-electron chi connectivity index (χ0n) is 7.28. The topological polar surface area (TPSA) is 39.9 Å². The molecule has 0 aromatic carbocycles. The SMILES string of the molecule is COCCCn1cnc(C(F)F)n1.